The van der Waals surface area contributed by atoms with Crippen molar-refractivity contribution in [1.29, 1.82) is 0 Å². The molecule has 1 aliphatic carbocycles. The van der Waals surface area contributed by atoms with Gasteiger partial charge in [0, 0.05) is 25.4 Å². The van der Waals surface area contributed by atoms with Crippen LogP contribution in [0.3, 0.4) is 0 Å². The van der Waals surface area contributed by atoms with Gasteiger partial charge >= 0.3 is 0 Å². The van der Waals surface area contributed by atoms with E-state index < -0.39 is 0 Å². The molecule has 19 heavy (non-hydrogen) atoms. The van der Waals surface area contributed by atoms with Gasteiger partial charge in [-0.05, 0) is 44.2 Å². The maximum Gasteiger partial charge on any atom is 0.111 e. The largest absolute Gasteiger partial charge is 0.338 e. The lowest BCUT2D eigenvalue weighted by Gasteiger charge is -2.35. The number of imidazole rings is 1. The Kier molecular flexibility index (Phi) is 5.44. The maximum atomic E-state index is 4.62. The summed E-state index contributed by atoms with van der Waals surface area (Å²) in [6, 6.07) is 0. The zero-order valence-corrected chi connectivity index (χ0v) is 12.7. The van der Waals surface area contributed by atoms with Crippen molar-refractivity contribution in [2.24, 2.45) is 18.9 Å². The summed E-state index contributed by atoms with van der Waals surface area (Å²) >= 11 is 0. The first-order chi connectivity index (χ1) is 9.26. The van der Waals surface area contributed by atoms with E-state index in [4.69, 9.17) is 0 Å². The number of hydrogen-bond donors (Lipinski definition) is 1. The summed E-state index contributed by atoms with van der Waals surface area (Å²) in [5.41, 5.74) is 0. The van der Waals surface area contributed by atoms with E-state index in [0.29, 0.717) is 5.92 Å². The number of nitrogens with zero attached hydrogens (tertiary/aromatic N) is 2. The average Bonchev–Trinajstić information content (AvgIpc) is 2.85. The second-order valence-corrected chi connectivity index (χ2v) is 6.05. The minimum atomic E-state index is 0.642. The molecule has 0 saturated heterocycles. The molecule has 108 valence electrons. The quantitative estimate of drug-likeness (QED) is 0.798. The SMILES string of the molecule is CCCNCC1CCC(CC)CC1c1nccn1C. The van der Waals surface area contributed by atoms with Crippen molar-refractivity contribution < 1.29 is 0 Å². The van der Waals surface area contributed by atoms with E-state index in [-0.39, 0.29) is 0 Å². The van der Waals surface area contributed by atoms with Gasteiger partial charge < -0.3 is 9.88 Å². The highest BCUT2D eigenvalue weighted by atomic mass is 15.0. The third-order valence-electron chi connectivity index (χ3n) is 4.70. The van der Waals surface area contributed by atoms with Gasteiger partial charge in [0.15, 0.2) is 0 Å². The summed E-state index contributed by atoms with van der Waals surface area (Å²) in [6.45, 7) is 6.86. The lowest BCUT2D eigenvalue weighted by atomic mass is 9.72. The molecule has 0 amide bonds. The third kappa shape index (κ3) is 3.59. The molecule has 1 aliphatic rings. The van der Waals surface area contributed by atoms with Gasteiger partial charge in [0.25, 0.3) is 0 Å². The van der Waals surface area contributed by atoms with Gasteiger partial charge in [-0.25, -0.2) is 4.98 Å². The van der Waals surface area contributed by atoms with E-state index in [9.17, 15) is 0 Å². The molecule has 2 rings (SSSR count). The van der Waals surface area contributed by atoms with Crippen molar-refractivity contribution in [1.82, 2.24) is 14.9 Å². The average molecular weight is 263 g/mol. The van der Waals surface area contributed by atoms with Crippen LogP contribution in [-0.4, -0.2) is 22.6 Å². The van der Waals surface area contributed by atoms with Gasteiger partial charge in [0.2, 0.25) is 0 Å². The fraction of sp³-hybridized carbons (Fsp3) is 0.812. The van der Waals surface area contributed by atoms with E-state index in [1.807, 2.05) is 6.20 Å². The highest BCUT2D eigenvalue weighted by molar-refractivity contribution is 5.05. The molecule has 3 unspecified atom stereocenters. The van der Waals surface area contributed by atoms with Gasteiger partial charge in [0.1, 0.15) is 5.82 Å². The molecule has 1 aromatic heterocycles. The molecule has 3 atom stereocenters. The van der Waals surface area contributed by atoms with Crippen LogP contribution in [0, 0.1) is 11.8 Å². The van der Waals surface area contributed by atoms with E-state index in [2.05, 4.69) is 42.0 Å². The van der Waals surface area contributed by atoms with Crippen molar-refractivity contribution in [2.75, 3.05) is 13.1 Å². The lowest BCUT2D eigenvalue weighted by Crippen LogP contribution is -2.33. The number of aryl methyl sites for hydroxylation is 1. The molecule has 0 radical (unpaired) electrons. The van der Waals surface area contributed by atoms with Crippen LogP contribution in [0.15, 0.2) is 12.4 Å². The molecule has 1 fully saturated rings. The van der Waals surface area contributed by atoms with Crippen LogP contribution >= 0.6 is 0 Å². The van der Waals surface area contributed by atoms with Crippen LogP contribution in [0.25, 0.3) is 0 Å². The van der Waals surface area contributed by atoms with E-state index in [1.165, 1.54) is 37.9 Å². The van der Waals surface area contributed by atoms with Crippen molar-refractivity contribution in [2.45, 2.75) is 51.9 Å². The molecule has 1 aromatic rings. The summed E-state index contributed by atoms with van der Waals surface area (Å²) in [5.74, 6) is 3.59. The number of aromatic nitrogens is 2. The first-order valence-corrected chi connectivity index (χ1v) is 7.94. The van der Waals surface area contributed by atoms with Gasteiger partial charge in [-0.2, -0.15) is 0 Å². The van der Waals surface area contributed by atoms with Crippen LogP contribution in [0.2, 0.25) is 0 Å². The Morgan fingerprint density at radius 3 is 2.84 bits per heavy atom. The fourth-order valence-electron chi connectivity index (χ4n) is 3.45. The fourth-order valence-corrected chi connectivity index (χ4v) is 3.45. The molecule has 3 heteroatoms. The van der Waals surface area contributed by atoms with Gasteiger partial charge in [-0.1, -0.05) is 26.7 Å². The van der Waals surface area contributed by atoms with E-state index >= 15 is 0 Å². The van der Waals surface area contributed by atoms with Crippen LogP contribution in [0.4, 0.5) is 0 Å². The molecule has 0 aliphatic heterocycles. The van der Waals surface area contributed by atoms with Crippen molar-refractivity contribution in [3.05, 3.63) is 18.2 Å². The minimum absolute atomic E-state index is 0.642. The standard InChI is InChI=1S/C16H29N3/c1-4-8-17-12-14-7-6-13(5-2)11-15(14)16-18-9-10-19(16)3/h9-10,13-15,17H,4-8,11-12H2,1-3H3. The van der Waals surface area contributed by atoms with Gasteiger partial charge in [-0.15, -0.1) is 0 Å². The molecule has 0 aromatic carbocycles. The highest BCUT2D eigenvalue weighted by Gasteiger charge is 2.32. The summed E-state index contributed by atoms with van der Waals surface area (Å²) in [7, 11) is 2.13. The summed E-state index contributed by atoms with van der Waals surface area (Å²) in [4.78, 5) is 4.62. The van der Waals surface area contributed by atoms with Crippen LogP contribution < -0.4 is 5.32 Å². The topological polar surface area (TPSA) is 29.9 Å². The predicted molar refractivity (Wildman–Crippen MR) is 80.2 cm³/mol. The Bertz CT molecular complexity index is 370. The minimum Gasteiger partial charge on any atom is -0.338 e. The molecule has 1 N–H and O–H groups in total. The molecule has 1 heterocycles. The Balaban J connectivity index is 2.05. The molecular weight excluding hydrogens is 234 g/mol. The van der Waals surface area contributed by atoms with Gasteiger partial charge in [0.05, 0.1) is 0 Å². The second kappa shape index (κ2) is 7.09. The Morgan fingerprint density at radius 2 is 2.21 bits per heavy atom. The lowest BCUT2D eigenvalue weighted by molar-refractivity contribution is 0.217. The Labute approximate surface area is 117 Å². The van der Waals surface area contributed by atoms with Gasteiger partial charge in [-0.3, -0.25) is 0 Å². The summed E-state index contributed by atoms with van der Waals surface area (Å²) in [5, 5.41) is 3.61. The second-order valence-electron chi connectivity index (χ2n) is 6.05. The Hall–Kier alpha value is -0.830. The normalized spacial score (nSPS) is 27.6. The monoisotopic (exact) mass is 263 g/mol. The number of nitrogens with one attached hydrogen (secondary N) is 1. The molecule has 3 nitrogen and oxygen atoms in total. The number of rotatable bonds is 6. The summed E-state index contributed by atoms with van der Waals surface area (Å²) < 4.78 is 2.22. The molecular formula is C16H29N3. The highest BCUT2D eigenvalue weighted by Crippen LogP contribution is 2.40. The molecule has 0 spiro atoms. The van der Waals surface area contributed by atoms with E-state index in [0.717, 1.165) is 24.9 Å². The van der Waals surface area contributed by atoms with Crippen LogP contribution in [-0.2, 0) is 7.05 Å². The zero-order chi connectivity index (χ0) is 13.7. The molecule has 0 bridgehead atoms. The smallest absolute Gasteiger partial charge is 0.111 e. The zero-order valence-electron chi connectivity index (χ0n) is 12.7. The predicted octanol–water partition coefficient (Wildman–Crippen LogP) is 3.33. The molecule has 1 saturated carbocycles. The summed E-state index contributed by atoms with van der Waals surface area (Å²) in [6.07, 6.45) is 10.6. The first-order valence-electron chi connectivity index (χ1n) is 7.94. The van der Waals surface area contributed by atoms with Crippen molar-refractivity contribution in [3.8, 4) is 0 Å². The maximum absolute atomic E-state index is 4.62. The van der Waals surface area contributed by atoms with Crippen LogP contribution in [0.1, 0.15) is 57.7 Å². The van der Waals surface area contributed by atoms with E-state index in [1.54, 1.807) is 0 Å². The third-order valence-corrected chi connectivity index (χ3v) is 4.70. The van der Waals surface area contributed by atoms with Crippen molar-refractivity contribution in [3.63, 3.8) is 0 Å². The first kappa shape index (κ1) is 14.6. The van der Waals surface area contributed by atoms with Crippen molar-refractivity contribution >= 4 is 0 Å². The number of hydrogen-bond acceptors (Lipinski definition) is 2. The Morgan fingerprint density at radius 1 is 1.37 bits per heavy atom. The van der Waals surface area contributed by atoms with Crippen LogP contribution in [0.5, 0.6) is 0 Å².